The predicted octanol–water partition coefficient (Wildman–Crippen LogP) is -27.2. The summed E-state index contributed by atoms with van der Waals surface area (Å²) in [6.07, 6.45) is -127. The first-order chi connectivity index (χ1) is 63.2. The van der Waals surface area contributed by atoms with E-state index in [1.165, 1.54) is 0 Å². The van der Waals surface area contributed by atoms with Crippen molar-refractivity contribution in [2.24, 2.45) is 0 Å². The van der Waals surface area contributed by atoms with E-state index in [9.17, 15) is 194 Å². The van der Waals surface area contributed by atoms with Crippen molar-refractivity contribution >= 4 is 0 Å². The normalized spacial score (nSPS) is 51.4. The summed E-state index contributed by atoms with van der Waals surface area (Å²) in [4.78, 5) is 0. The average Bonchev–Trinajstić information content (AvgIpc) is 1.68. The third-order valence-electron chi connectivity index (χ3n) is 25.0. The Morgan fingerprint density at radius 2 is 0.293 bits per heavy atom. The minimum absolute atomic E-state index is 0.936. The Balaban J connectivity index is 0.701. The Kier molecular flexibility index (Phi) is 39.0. The first kappa shape index (κ1) is 109. The molecule has 12 fully saturated rings. The zero-order valence-corrected chi connectivity index (χ0v) is 69.5. The smallest absolute Gasteiger partial charge is 0.187 e. The van der Waals surface area contributed by atoms with Gasteiger partial charge in [0.15, 0.2) is 75.5 Å². The maximum absolute atomic E-state index is 12.1. The van der Waals surface area contributed by atoms with Crippen LogP contribution >= 0.6 is 0 Å². The van der Waals surface area contributed by atoms with E-state index in [1.54, 1.807) is 0 Å². The lowest BCUT2D eigenvalue weighted by molar-refractivity contribution is -0.347. The third kappa shape index (κ3) is 22.6. The van der Waals surface area contributed by atoms with E-state index in [0.717, 1.165) is 0 Å². The summed E-state index contributed by atoms with van der Waals surface area (Å²) in [6.45, 7) is -13.7. The fourth-order valence-electron chi connectivity index (χ4n) is 17.5. The van der Waals surface area contributed by atoms with Crippen LogP contribution < -0.4 is 0 Å². The second kappa shape index (κ2) is 47.4. The molecule has 0 aliphatic carbocycles. The largest absolute Gasteiger partial charge is 0.394 e. The number of hydrogen-bond acceptors (Lipinski definition) is 61. The number of aliphatic hydroxyl groups is 38. The maximum atomic E-state index is 12.1. The molecule has 0 spiro atoms. The van der Waals surface area contributed by atoms with Crippen molar-refractivity contribution in [1.82, 2.24) is 0 Å². The second-order valence-corrected chi connectivity index (χ2v) is 33.6. The van der Waals surface area contributed by atoms with E-state index in [2.05, 4.69) is 0 Å². The van der Waals surface area contributed by atoms with Crippen LogP contribution in [-0.2, 0) is 109 Å². The monoisotopic (exact) mass is 1960 g/mol. The van der Waals surface area contributed by atoms with Crippen LogP contribution in [0.3, 0.4) is 0 Å². The molecular weight excluding hydrogens is 1840 g/mol. The molecule has 61 heteroatoms. The quantitative estimate of drug-likeness (QED) is 0.0271. The molecule has 54 unspecified atom stereocenters. The zero-order valence-electron chi connectivity index (χ0n) is 69.5. The van der Waals surface area contributed by atoms with Crippen molar-refractivity contribution in [1.29, 1.82) is 0 Å². The van der Waals surface area contributed by atoms with Gasteiger partial charge in [-0.1, -0.05) is 0 Å². The molecule has 38 N–H and O–H groups in total. The van der Waals surface area contributed by atoms with Crippen LogP contribution in [0.5, 0.6) is 0 Å². The Bertz CT molecular complexity index is 3430. The lowest BCUT2D eigenvalue weighted by Crippen LogP contribution is -2.63. The molecule has 0 bridgehead atoms. The molecular formula is C72H122O61. The average molecular weight is 1960 g/mol. The summed E-state index contributed by atoms with van der Waals surface area (Å²) in [6, 6.07) is 0. The van der Waals surface area contributed by atoms with Crippen LogP contribution in [0.15, 0.2) is 0 Å². The van der Waals surface area contributed by atoms with Gasteiger partial charge in [0.1, 0.15) is 293 Å². The third-order valence-corrected chi connectivity index (χ3v) is 25.0. The molecule has 12 rings (SSSR count). The van der Waals surface area contributed by atoms with Crippen LogP contribution in [0, 0.1) is 0 Å². The molecule has 776 valence electrons. The van der Waals surface area contributed by atoms with Crippen LogP contribution in [0.4, 0.5) is 0 Å². The Morgan fingerprint density at radius 3 is 0.474 bits per heavy atom. The van der Waals surface area contributed by atoms with E-state index in [4.69, 9.17) is 109 Å². The van der Waals surface area contributed by atoms with Crippen LogP contribution in [0.25, 0.3) is 0 Å². The molecule has 61 nitrogen and oxygen atoms in total. The van der Waals surface area contributed by atoms with Crippen molar-refractivity contribution in [2.45, 2.75) is 368 Å². The second-order valence-electron chi connectivity index (χ2n) is 33.6. The first-order valence-electron chi connectivity index (χ1n) is 42.2. The van der Waals surface area contributed by atoms with E-state index in [-0.39, 0.29) is 0 Å². The van der Waals surface area contributed by atoms with Gasteiger partial charge in [-0.05, 0) is 0 Å². The van der Waals surface area contributed by atoms with Crippen LogP contribution in [0.1, 0.15) is 0 Å². The standard InChI is InChI=1S/C72H122O61/c73-1-13(85)44-55(33(99)61(110)117-44)128-63-34(100)50(26(92)20(8-80)112-63)123-69-40(106)57(46(119-69)15(87)3-75)130-65-36(102)52(28(94)22(10-82)114-65)125-71-42(108)59(48(121-71)17(89)5-77)132-67-38(104)54(30(96)24(12-84)116-67)127-72-43(109)60(49(122-72)18(90)6-78)133-66-37(103)53(29(95)23(11-83)115-66)126-70-41(107)58(47(120-70)16(88)4-76)131-64-35(101)51(27(93)21(9-81)113-64)124-68-39(105)56(45(118-68)14(86)2-74)129-62-32(98)31(97)25(91)19(7-79)111-62/h13-110H,1-12H2/t13-,14-,15-,16-,17-,18-,19?,20?,21?,22?,23?,24?,25?,26?,27?,28?,29?,30?,31?,32?,33?,34?,35?,36?,37?,38?,39?,40?,41?,42?,43?,44?,45?,46?,47?,48?,49?,50?,51?,52?,53?,54?,55?,56?,57?,58?,59?,60?,61?,62?,63?,64?,65?,66?,67?,68?,69?,70?,71?,72?/m1/s1. The van der Waals surface area contributed by atoms with Crippen molar-refractivity contribution in [3.05, 3.63) is 0 Å². The highest BCUT2D eigenvalue weighted by Gasteiger charge is 2.65. The molecule has 12 heterocycles. The van der Waals surface area contributed by atoms with Gasteiger partial charge < -0.3 is 303 Å². The van der Waals surface area contributed by atoms with Gasteiger partial charge in [0, 0.05) is 0 Å². The van der Waals surface area contributed by atoms with Gasteiger partial charge in [0.2, 0.25) is 0 Å². The maximum Gasteiger partial charge on any atom is 0.187 e. The van der Waals surface area contributed by atoms with Crippen molar-refractivity contribution in [2.75, 3.05) is 79.3 Å². The minimum atomic E-state index is -2.48. The molecule has 12 aliphatic rings. The molecule has 0 aromatic rings. The number of rotatable bonds is 40. The number of hydrogen-bond donors (Lipinski definition) is 38. The summed E-state index contributed by atoms with van der Waals surface area (Å²) < 4.78 is 131. The summed E-state index contributed by atoms with van der Waals surface area (Å²) >= 11 is 0. The topological polar surface area (TPSA) is 981 Å². The molecule has 0 amide bonds. The van der Waals surface area contributed by atoms with Crippen LogP contribution in [-0.4, -0.2) is 642 Å². The predicted molar refractivity (Wildman–Crippen MR) is 395 cm³/mol. The Hall–Kier alpha value is -2.44. The molecule has 0 aromatic carbocycles. The summed E-state index contributed by atoms with van der Waals surface area (Å²) in [5.74, 6) is 0. The van der Waals surface area contributed by atoms with Gasteiger partial charge in [0.05, 0.1) is 79.3 Å². The summed E-state index contributed by atoms with van der Waals surface area (Å²) in [5.41, 5.74) is 0. The summed E-state index contributed by atoms with van der Waals surface area (Å²) in [5, 5.41) is 416. The van der Waals surface area contributed by atoms with E-state index in [0.29, 0.717) is 0 Å². The van der Waals surface area contributed by atoms with Gasteiger partial charge in [-0.15, -0.1) is 0 Å². The highest BCUT2D eigenvalue weighted by molar-refractivity contribution is 5.06. The van der Waals surface area contributed by atoms with Crippen LogP contribution in [0.2, 0.25) is 0 Å². The van der Waals surface area contributed by atoms with Gasteiger partial charge in [-0.3, -0.25) is 0 Å². The van der Waals surface area contributed by atoms with Crippen molar-refractivity contribution < 1.29 is 303 Å². The number of aliphatic hydroxyl groups excluding tert-OH is 38. The lowest BCUT2D eigenvalue weighted by Gasteiger charge is -2.44. The first-order valence-corrected chi connectivity index (χ1v) is 42.2. The van der Waals surface area contributed by atoms with E-state index < -0.39 is 448 Å². The van der Waals surface area contributed by atoms with E-state index in [1.807, 2.05) is 0 Å². The van der Waals surface area contributed by atoms with Crippen molar-refractivity contribution in [3.8, 4) is 0 Å². The fraction of sp³-hybridized carbons (Fsp3) is 1.00. The molecule has 0 radical (unpaired) electrons. The Morgan fingerprint density at radius 1 is 0.150 bits per heavy atom. The van der Waals surface area contributed by atoms with E-state index >= 15 is 0 Å². The van der Waals surface area contributed by atoms with Gasteiger partial charge in [0.25, 0.3) is 0 Å². The lowest BCUT2D eigenvalue weighted by atomic mass is 9.97. The highest BCUT2D eigenvalue weighted by Crippen LogP contribution is 2.44. The Labute approximate surface area is 748 Å². The molecule has 12 aliphatic heterocycles. The highest BCUT2D eigenvalue weighted by atomic mass is 16.8. The molecule has 0 saturated carbocycles. The van der Waals surface area contributed by atoms with Crippen molar-refractivity contribution in [3.63, 3.8) is 0 Å². The van der Waals surface area contributed by atoms with Gasteiger partial charge in [-0.2, -0.15) is 0 Å². The SMILES string of the molecule is OCC1OC(OC2C(O)C(OC3C(O)C(CO)OC(OC4C(O)C(OC5C(O)C(CO)OC(OC6C(O)C(OC7C(O)C(CO)OC(OC8C(O)C(OC9C(O)C(CO)OC(OC%10C(O)C(OC%11C(O)C(CO)OC(OC%12C(O)C(O)OC%12[C@H](O)CO)C%11O)OC%10[C@H](O)CO)C9O)OC8[C@H](O)CO)C7O)OC6[C@H](O)CO)C5O)OC4[C@H](O)CO)C3O)OC2[C@H](O)CO)C(O)C(O)C1O. The summed E-state index contributed by atoms with van der Waals surface area (Å²) in [7, 11) is 0. The molecule has 12 saturated heterocycles. The van der Waals surface area contributed by atoms with Gasteiger partial charge in [-0.25, -0.2) is 0 Å². The molecule has 133 heavy (non-hydrogen) atoms. The van der Waals surface area contributed by atoms with Gasteiger partial charge >= 0.3 is 0 Å². The molecule has 0 aromatic heterocycles. The molecule has 60 atom stereocenters. The zero-order chi connectivity index (χ0) is 97.4. The fourth-order valence-corrected chi connectivity index (χ4v) is 17.5. The number of ether oxygens (including phenoxy) is 23. The minimum Gasteiger partial charge on any atom is -0.394 e.